The summed E-state index contributed by atoms with van der Waals surface area (Å²) >= 11 is 1.60. The molecule has 0 aliphatic carbocycles. The van der Waals surface area contributed by atoms with Crippen molar-refractivity contribution in [2.24, 2.45) is 0 Å². The van der Waals surface area contributed by atoms with Crippen molar-refractivity contribution < 1.29 is 9.84 Å². The minimum atomic E-state index is -0.491. The van der Waals surface area contributed by atoms with Gasteiger partial charge < -0.3 is 9.84 Å². The third kappa shape index (κ3) is 4.80. The van der Waals surface area contributed by atoms with Gasteiger partial charge in [-0.05, 0) is 63.2 Å². The molecule has 1 saturated heterocycles. The normalized spacial score (nSPS) is 16.7. The fourth-order valence-electron chi connectivity index (χ4n) is 3.65. The molecule has 4 rings (SSSR count). The Labute approximate surface area is 175 Å². The molecule has 1 aliphatic rings. The van der Waals surface area contributed by atoms with Crippen molar-refractivity contribution in [3.63, 3.8) is 0 Å². The van der Waals surface area contributed by atoms with Crippen molar-refractivity contribution in [1.82, 2.24) is 19.9 Å². The maximum atomic E-state index is 9.65. The molecule has 1 unspecified atom stereocenters. The number of aromatic nitrogens is 3. The van der Waals surface area contributed by atoms with Crippen LogP contribution in [-0.4, -0.2) is 45.2 Å². The van der Waals surface area contributed by atoms with Gasteiger partial charge in [0.2, 0.25) is 0 Å². The Balaban J connectivity index is 1.38. The quantitative estimate of drug-likeness (QED) is 0.661. The van der Waals surface area contributed by atoms with Crippen LogP contribution in [0.15, 0.2) is 42.7 Å². The molecule has 152 valence electrons. The first-order chi connectivity index (χ1) is 14.1. The van der Waals surface area contributed by atoms with Gasteiger partial charge in [-0.1, -0.05) is 0 Å². The van der Waals surface area contributed by atoms with Crippen LogP contribution in [0.2, 0.25) is 0 Å². The van der Waals surface area contributed by atoms with Crippen LogP contribution in [0.25, 0.3) is 11.3 Å². The van der Waals surface area contributed by atoms with E-state index < -0.39 is 6.10 Å². The van der Waals surface area contributed by atoms with Crippen LogP contribution >= 0.6 is 11.3 Å². The summed E-state index contributed by atoms with van der Waals surface area (Å²) in [5.74, 6) is 2.17. The smallest absolute Gasteiger partial charge is 0.132 e. The molecule has 6 nitrogen and oxygen atoms in total. The van der Waals surface area contributed by atoms with Gasteiger partial charge in [-0.3, -0.25) is 4.90 Å². The van der Waals surface area contributed by atoms with E-state index in [1.165, 1.54) is 4.88 Å². The highest BCUT2D eigenvalue weighted by Crippen LogP contribution is 2.29. The SMILES string of the molecule is COc1ccc(-c2ccnc(C3CCN(Cc4cnc(C(C)O)s4)CC3)n2)cc1. The van der Waals surface area contributed by atoms with Crippen LogP contribution in [0.4, 0.5) is 0 Å². The summed E-state index contributed by atoms with van der Waals surface area (Å²) in [5.41, 5.74) is 2.03. The van der Waals surface area contributed by atoms with Crippen LogP contribution in [-0.2, 0) is 6.54 Å². The highest BCUT2D eigenvalue weighted by atomic mass is 32.1. The minimum Gasteiger partial charge on any atom is -0.497 e. The summed E-state index contributed by atoms with van der Waals surface area (Å²) in [6.45, 7) is 4.68. The third-order valence-electron chi connectivity index (χ3n) is 5.32. The highest BCUT2D eigenvalue weighted by molar-refractivity contribution is 7.11. The molecule has 1 atom stereocenters. The number of hydrogen-bond donors (Lipinski definition) is 1. The summed E-state index contributed by atoms with van der Waals surface area (Å²) in [4.78, 5) is 17.4. The van der Waals surface area contributed by atoms with Gasteiger partial charge in [-0.25, -0.2) is 15.0 Å². The number of rotatable bonds is 6. The highest BCUT2D eigenvalue weighted by Gasteiger charge is 2.23. The first kappa shape index (κ1) is 19.9. The van der Waals surface area contributed by atoms with E-state index in [0.717, 1.165) is 60.3 Å². The van der Waals surface area contributed by atoms with E-state index in [9.17, 15) is 5.11 Å². The monoisotopic (exact) mass is 410 g/mol. The molecule has 2 aromatic heterocycles. The van der Waals surface area contributed by atoms with Gasteiger partial charge in [-0.15, -0.1) is 11.3 Å². The Morgan fingerprint density at radius 1 is 1.17 bits per heavy atom. The van der Waals surface area contributed by atoms with E-state index in [2.05, 4.69) is 14.9 Å². The van der Waals surface area contributed by atoms with Gasteiger partial charge in [0.25, 0.3) is 0 Å². The van der Waals surface area contributed by atoms with Gasteiger partial charge in [-0.2, -0.15) is 0 Å². The van der Waals surface area contributed by atoms with E-state index in [0.29, 0.717) is 5.92 Å². The van der Waals surface area contributed by atoms with E-state index >= 15 is 0 Å². The fraction of sp³-hybridized carbons (Fsp3) is 0.409. The number of ether oxygens (including phenoxy) is 1. The summed E-state index contributed by atoms with van der Waals surface area (Å²) in [6, 6.07) is 9.94. The molecule has 0 amide bonds. The molecule has 0 radical (unpaired) electrons. The Morgan fingerprint density at radius 3 is 2.59 bits per heavy atom. The minimum absolute atomic E-state index is 0.388. The standard InChI is InChI=1S/C22H26N4O2S/c1-15(27)22-24-13-19(29-22)14-26-11-8-17(9-12-26)21-23-10-7-20(25-21)16-3-5-18(28-2)6-4-16/h3-7,10,13,15,17,27H,8-9,11-12,14H2,1-2H3. The maximum Gasteiger partial charge on any atom is 0.132 e. The molecule has 7 heteroatoms. The lowest BCUT2D eigenvalue weighted by molar-refractivity contribution is 0.199. The number of likely N-dealkylation sites (tertiary alicyclic amines) is 1. The number of aliphatic hydroxyl groups is 1. The molecule has 3 aromatic rings. The molecule has 1 aliphatic heterocycles. The Hall–Kier alpha value is -2.35. The largest absolute Gasteiger partial charge is 0.497 e. The van der Waals surface area contributed by atoms with Crippen molar-refractivity contribution >= 4 is 11.3 Å². The Morgan fingerprint density at radius 2 is 1.93 bits per heavy atom. The zero-order valence-corrected chi connectivity index (χ0v) is 17.6. The lowest BCUT2D eigenvalue weighted by Crippen LogP contribution is -2.32. The van der Waals surface area contributed by atoms with E-state index in [-0.39, 0.29) is 0 Å². The molecule has 0 saturated carbocycles. The lowest BCUT2D eigenvalue weighted by Gasteiger charge is -2.30. The van der Waals surface area contributed by atoms with Crippen LogP contribution in [0.5, 0.6) is 5.75 Å². The number of methoxy groups -OCH3 is 1. The van der Waals surface area contributed by atoms with Gasteiger partial charge in [0, 0.05) is 35.3 Å². The number of benzene rings is 1. The fourth-order valence-corrected chi connectivity index (χ4v) is 4.55. The third-order valence-corrected chi connectivity index (χ3v) is 6.47. The van der Waals surface area contributed by atoms with Gasteiger partial charge in [0.1, 0.15) is 22.7 Å². The van der Waals surface area contributed by atoms with Gasteiger partial charge in [0.15, 0.2) is 0 Å². The van der Waals surface area contributed by atoms with Crippen LogP contribution in [0, 0.1) is 0 Å². The van der Waals surface area contributed by atoms with Crippen molar-refractivity contribution in [3.05, 3.63) is 58.4 Å². The number of nitrogens with zero attached hydrogens (tertiary/aromatic N) is 4. The zero-order chi connectivity index (χ0) is 20.2. The number of aliphatic hydroxyl groups excluding tert-OH is 1. The molecule has 1 aromatic carbocycles. The lowest BCUT2D eigenvalue weighted by atomic mass is 9.95. The summed E-state index contributed by atoms with van der Waals surface area (Å²) in [7, 11) is 1.67. The molecular weight excluding hydrogens is 384 g/mol. The van der Waals surface area contributed by atoms with Crippen molar-refractivity contribution in [1.29, 1.82) is 0 Å². The Bertz CT molecular complexity index is 934. The molecule has 1 N–H and O–H groups in total. The first-order valence-corrected chi connectivity index (χ1v) is 10.8. The first-order valence-electron chi connectivity index (χ1n) is 9.95. The summed E-state index contributed by atoms with van der Waals surface area (Å²) in [6.07, 6.45) is 5.36. The average Bonchev–Trinajstić information content (AvgIpc) is 3.23. The second kappa shape index (κ2) is 8.98. The second-order valence-electron chi connectivity index (χ2n) is 7.42. The van der Waals surface area contributed by atoms with E-state index in [1.807, 2.05) is 42.7 Å². The number of thiazole rings is 1. The number of piperidine rings is 1. The van der Waals surface area contributed by atoms with Crippen LogP contribution in [0.3, 0.4) is 0 Å². The number of hydrogen-bond acceptors (Lipinski definition) is 7. The van der Waals surface area contributed by atoms with Crippen molar-refractivity contribution in [3.8, 4) is 17.0 Å². The van der Waals surface area contributed by atoms with Crippen LogP contribution in [0.1, 0.15) is 47.5 Å². The molecule has 29 heavy (non-hydrogen) atoms. The molecule has 0 spiro atoms. The molecule has 3 heterocycles. The molecule has 1 fully saturated rings. The van der Waals surface area contributed by atoms with Gasteiger partial charge >= 0.3 is 0 Å². The predicted molar refractivity (Wildman–Crippen MR) is 114 cm³/mol. The summed E-state index contributed by atoms with van der Waals surface area (Å²) < 4.78 is 5.24. The zero-order valence-electron chi connectivity index (χ0n) is 16.8. The Kier molecular flexibility index (Phi) is 6.18. The van der Waals surface area contributed by atoms with Crippen molar-refractivity contribution in [2.45, 2.75) is 38.3 Å². The van der Waals surface area contributed by atoms with E-state index in [1.54, 1.807) is 25.4 Å². The predicted octanol–water partition coefficient (Wildman–Crippen LogP) is 4.04. The van der Waals surface area contributed by atoms with Crippen LogP contribution < -0.4 is 4.74 Å². The second-order valence-corrected chi connectivity index (χ2v) is 8.57. The van der Waals surface area contributed by atoms with Gasteiger partial charge in [0.05, 0.1) is 12.8 Å². The van der Waals surface area contributed by atoms with E-state index in [4.69, 9.17) is 9.72 Å². The average molecular weight is 411 g/mol. The summed E-state index contributed by atoms with van der Waals surface area (Å²) in [5, 5.41) is 10.4. The molecule has 0 bridgehead atoms. The van der Waals surface area contributed by atoms with Crippen molar-refractivity contribution in [2.75, 3.05) is 20.2 Å². The topological polar surface area (TPSA) is 71.4 Å². The maximum absolute atomic E-state index is 9.65. The molecular formula is C22H26N4O2S.